The smallest absolute Gasteiger partial charge is 0.182 e. The molecule has 7 aliphatic carbocycles. The molecule has 0 fully saturated rings. The number of fused-ring (bicyclic) bond motifs is 15. The van der Waals surface area contributed by atoms with Gasteiger partial charge in [0.2, 0.25) is 0 Å². The molecule has 0 aromatic rings. The maximum atomic E-state index is 13.5. The Hall–Kier alpha value is -3.99. The maximum Gasteiger partial charge on any atom is 0.182 e. The van der Waals surface area contributed by atoms with Crippen LogP contribution in [0.2, 0.25) is 0 Å². The molecule has 0 aliphatic heterocycles. The zero-order valence-corrected chi connectivity index (χ0v) is 28.5. The summed E-state index contributed by atoms with van der Waals surface area (Å²) in [5.74, 6) is -0.681. The number of aldehydes is 1. The first-order valence-electron chi connectivity index (χ1n) is 17.3. The van der Waals surface area contributed by atoms with Crippen molar-refractivity contribution in [1.82, 2.24) is 0 Å². The Morgan fingerprint density at radius 2 is 1.15 bits per heavy atom. The van der Waals surface area contributed by atoms with Gasteiger partial charge in [-0.1, -0.05) is 58.2 Å². The summed E-state index contributed by atoms with van der Waals surface area (Å²) in [5.41, 5.74) is 7.07. The minimum Gasteiger partial charge on any atom is -0.303 e. The first-order chi connectivity index (χ1) is 22.5. The zero-order chi connectivity index (χ0) is 33.7. The minimum absolute atomic E-state index is 0.0969. The number of hydrogen-bond donors (Lipinski definition) is 0. The largest absolute Gasteiger partial charge is 0.303 e. The van der Waals surface area contributed by atoms with Crippen molar-refractivity contribution in [2.24, 2.45) is 17.3 Å². The molecule has 3 atom stereocenters. The summed E-state index contributed by atoms with van der Waals surface area (Å²) < 4.78 is 0. The van der Waals surface area contributed by atoms with Crippen LogP contribution in [0.5, 0.6) is 0 Å². The van der Waals surface area contributed by atoms with Crippen LogP contribution in [0.25, 0.3) is 0 Å². The van der Waals surface area contributed by atoms with Crippen LogP contribution in [0.1, 0.15) is 105 Å². The molecule has 0 heterocycles. The van der Waals surface area contributed by atoms with Crippen LogP contribution in [0, 0.1) is 17.3 Å². The van der Waals surface area contributed by atoms with Gasteiger partial charge in [0.05, 0.1) is 0 Å². The van der Waals surface area contributed by atoms with Crippen molar-refractivity contribution in [3.63, 3.8) is 0 Å². The van der Waals surface area contributed by atoms with Crippen LogP contribution in [0.4, 0.5) is 0 Å². The lowest BCUT2D eigenvalue weighted by molar-refractivity contribution is -0.123. The average Bonchev–Trinajstić information content (AvgIpc) is 3.01. The van der Waals surface area contributed by atoms with Crippen molar-refractivity contribution in [1.29, 1.82) is 0 Å². The van der Waals surface area contributed by atoms with Gasteiger partial charge < -0.3 is 4.79 Å². The third kappa shape index (κ3) is 8.12. The van der Waals surface area contributed by atoms with Crippen LogP contribution in [-0.4, -0.2) is 29.4 Å². The molecule has 246 valence electrons. The molecule has 0 aromatic heterocycles. The highest BCUT2D eigenvalue weighted by Crippen LogP contribution is 2.52. The number of allylic oxidation sites excluding steroid dienone is 18. The van der Waals surface area contributed by atoms with Crippen LogP contribution < -0.4 is 0 Å². The Kier molecular flexibility index (Phi) is 10.8. The summed E-state index contributed by atoms with van der Waals surface area (Å²) in [6, 6.07) is 0. The fraction of sp³-hybridized carbons (Fsp3) is 0.452. The number of hydrogen-bond acceptors (Lipinski definition) is 5. The van der Waals surface area contributed by atoms with Crippen LogP contribution in [0.3, 0.4) is 0 Å². The summed E-state index contributed by atoms with van der Waals surface area (Å²) in [6.45, 7) is 8.20. The van der Waals surface area contributed by atoms with Crippen molar-refractivity contribution in [3.8, 4) is 0 Å². The molecule has 0 unspecified atom stereocenters. The predicted molar refractivity (Wildman–Crippen MR) is 186 cm³/mol. The number of rotatable bonds is 1. The molecule has 0 spiro atoms. The number of ketones is 4. The quantitative estimate of drug-likeness (QED) is 0.164. The second-order valence-electron chi connectivity index (χ2n) is 14.5. The van der Waals surface area contributed by atoms with Crippen molar-refractivity contribution in [2.75, 3.05) is 0 Å². The molecule has 7 rings (SSSR count). The second-order valence-corrected chi connectivity index (χ2v) is 14.5. The zero-order valence-electron chi connectivity index (χ0n) is 28.5. The van der Waals surface area contributed by atoms with Gasteiger partial charge in [0.15, 0.2) is 23.1 Å². The van der Waals surface area contributed by atoms with Gasteiger partial charge >= 0.3 is 0 Å². The van der Waals surface area contributed by atoms with E-state index in [4.69, 9.17) is 0 Å². The lowest BCUT2D eigenvalue weighted by Crippen LogP contribution is -2.43. The third-order valence-corrected chi connectivity index (χ3v) is 10.8. The lowest BCUT2D eigenvalue weighted by Gasteiger charge is -2.46. The standard InChI is InChI=1S/C42H48O5/c1-27-8-5-9-28(2)16-34-24-41(47)35(25-40(34)46)21-37-20-31-12-6-10-29(3)17-33-23-38(44)32(22-39(33)45)14-13-30(4)18-36(19-31)42(37,26-43)15-7-11-27/h9-11,13,19,22-26,36-37H,5-8,12,14-18,20-21H2,1-4H3/b27-11+,28-9-,29-10-,30-13+/t36-,37+,42-/m1/s1. The summed E-state index contributed by atoms with van der Waals surface area (Å²) in [6.07, 6.45) is 25.9. The highest BCUT2D eigenvalue weighted by atomic mass is 16.1. The molecule has 6 bridgehead atoms. The van der Waals surface area contributed by atoms with E-state index in [1.165, 1.54) is 35.5 Å². The molecule has 0 N–H and O–H groups in total. The molecular weight excluding hydrogens is 584 g/mol. The van der Waals surface area contributed by atoms with E-state index in [0.717, 1.165) is 55.1 Å². The van der Waals surface area contributed by atoms with Gasteiger partial charge in [0.25, 0.3) is 0 Å². The number of carbonyl (C=O) groups is 5. The molecule has 7 aliphatic rings. The summed E-state index contributed by atoms with van der Waals surface area (Å²) in [4.78, 5) is 66.1. The van der Waals surface area contributed by atoms with E-state index in [1.807, 2.05) is 26.8 Å². The van der Waals surface area contributed by atoms with E-state index in [0.29, 0.717) is 67.2 Å². The summed E-state index contributed by atoms with van der Waals surface area (Å²) in [7, 11) is 0. The molecule has 5 heteroatoms. The first-order valence-corrected chi connectivity index (χ1v) is 17.3. The molecular formula is C42H48O5. The molecule has 5 nitrogen and oxygen atoms in total. The van der Waals surface area contributed by atoms with Crippen LogP contribution in [-0.2, 0) is 24.0 Å². The fourth-order valence-corrected chi connectivity index (χ4v) is 7.98. The molecule has 0 aromatic carbocycles. The Balaban J connectivity index is 1.56. The predicted octanol–water partition coefficient (Wildman–Crippen LogP) is 8.85. The van der Waals surface area contributed by atoms with Crippen molar-refractivity contribution in [3.05, 3.63) is 105 Å². The van der Waals surface area contributed by atoms with Crippen molar-refractivity contribution < 1.29 is 24.0 Å². The minimum atomic E-state index is -0.734. The van der Waals surface area contributed by atoms with E-state index in [2.05, 4.69) is 31.2 Å². The summed E-state index contributed by atoms with van der Waals surface area (Å²) >= 11 is 0. The molecule has 0 radical (unpaired) electrons. The van der Waals surface area contributed by atoms with Crippen molar-refractivity contribution >= 4 is 29.4 Å². The molecule has 0 amide bonds. The third-order valence-electron chi connectivity index (χ3n) is 10.8. The summed E-state index contributed by atoms with van der Waals surface area (Å²) in [5, 5.41) is 0. The highest BCUT2D eigenvalue weighted by Gasteiger charge is 2.47. The van der Waals surface area contributed by atoms with E-state index in [1.54, 1.807) is 0 Å². The van der Waals surface area contributed by atoms with Gasteiger partial charge in [0.1, 0.15) is 6.29 Å². The fourth-order valence-electron chi connectivity index (χ4n) is 7.98. The topological polar surface area (TPSA) is 85.3 Å². The van der Waals surface area contributed by atoms with E-state index in [-0.39, 0.29) is 35.0 Å². The normalized spacial score (nSPS) is 32.9. The first kappa shape index (κ1) is 34.3. The molecule has 0 saturated carbocycles. The van der Waals surface area contributed by atoms with Crippen LogP contribution in [0.15, 0.2) is 105 Å². The Morgan fingerprint density at radius 3 is 1.81 bits per heavy atom. The SMILES string of the molecule is C/C1=C/CCC2=C[C@@H](C/C(C)=C/CC3=CC(=O)C(=CC3=O)C1)[C@]1(C=O)CC/C=C(\C)CC/C=C(/C)CC3=CC(=O)C(=CC3=O)C[C@@H]1C2. The van der Waals surface area contributed by atoms with Gasteiger partial charge in [-0.05, 0) is 141 Å². The maximum absolute atomic E-state index is 13.5. The Labute approximate surface area is 279 Å². The van der Waals surface area contributed by atoms with E-state index in [9.17, 15) is 24.0 Å². The van der Waals surface area contributed by atoms with E-state index < -0.39 is 5.41 Å². The van der Waals surface area contributed by atoms with Gasteiger partial charge in [-0.15, -0.1) is 0 Å². The van der Waals surface area contributed by atoms with Gasteiger partial charge in [0, 0.05) is 27.7 Å². The van der Waals surface area contributed by atoms with Crippen LogP contribution >= 0.6 is 0 Å². The monoisotopic (exact) mass is 632 g/mol. The van der Waals surface area contributed by atoms with Gasteiger partial charge in [-0.2, -0.15) is 0 Å². The second kappa shape index (κ2) is 14.8. The lowest BCUT2D eigenvalue weighted by atomic mass is 9.56. The van der Waals surface area contributed by atoms with Crippen molar-refractivity contribution in [2.45, 2.75) is 105 Å². The Bertz CT molecular complexity index is 1660. The average molecular weight is 633 g/mol. The molecule has 47 heavy (non-hydrogen) atoms. The highest BCUT2D eigenvalue weighted by molar-refractivity contribution is 6.20. The molecule has 0 saturated heterocycles. The van der Waals surface area contributed by atoms with Gasteiger partial charge in [-0.25, -0.2) is 0 Å². The van der Waals surface area contributed by atoms with Gasteiger partial charge in [-0.3, -0.25) is 19.2 Å². The van der Waals surface area contributed by atoms with E-state index >= 15 is 0 Å². The number of carbonyl (C=O) groups excluding carboxylic acids is 5. The Morgan fingerprint density at radius 1 is 0.596 bits per heavy atom.